The summed E-state index contributed by atoms with van der Waals surface area (Å²) in [5, 5.41) is 18.0. The number of nitrogens with zero attached hydrogens (tertiary/aromatic N) is 5. The van der Waals surface area contributed by atoms with Gasteiger partial charge in [0.15, 0.2) is 11.9 Å². The Hall–Kier alpha value is -3.44. The van der Waals surface area contributed by atoms with Gasteiger partial charge in [-0.15, -0.1) is 5.10 Å². The summed E-state index contributed by atoms with van der Waals surface area (Å²) < 4.78 is 45.8. The van der Waals surface area contributed by atoms with Gasteiger partial charge in [-0.3, -0.25) is 4.57 Å². The molecule has 12 heteroatoms. The number of hydrogen-bond donors (Lipinski definition) is 1. The normalized spacial score (nSPS) is 12.8. The number of rotatable bonds is 6. The van der Waals surface area contributed by atoms with Gasteiger partial charge in [0.05, 0.1) is 6.54 Å². The quantitative estimate of drug-likeness (QED) is 0.453. The Labute approximate surface area is 189 Å². The molecule has 0 saturated carbocycles. The lowest BCUT2D eigenvalue weighted by Crippen LogP contribution is -2.37. The Balaban J connectivity index is 1.71. The molecule has 4 rings (SSSR count). The van der Waals surface area contributed by atoms with Gasteiger partial charge in [0.1, 0.15) is 6.54 Å². The zero-order valence-electron chi connectivity index (χ0n) is 17.1. The maximum Gasteiger partial charge on any atom is 0.416 e. The van der Waals surface area contributed by atoms with Crippen molar-refractivity contribution in [3.63, 3.8) is 0 Å². The number of aliphatic hydroxyl groups is 1. The van der Waals surface area contributed by atoms with Crippen LogP contribution in [0.1, 0.15) is 11.5 Å². The molecule has 0 radical (unpaired) electrons. The van der Waals surface area contributed by atoms with E-state index in [4.69, 9.17) is 16.1 Å². The van der Waals surface area contributed by atoms with Gasteiger partial charge in [0, 0.05) is 16.1 Å². The molecule has 0 spiro atoms. The average molecular weight is 480 g/mol. The van der Waals surface area contributed by atoms with Gasteiger partial charge in [-0.1, -0.05) is 41.0 Å². The number of hydrogen-bond acceptors (Lipinski definition) is 6. The molecule has 4 aromatic rings. The van der Waals surface area contributed by atoms with Crippen molar-refractivity contribution in [2.75, 3.05) is 0 Å². The summed E-state index contributed by atoms with van der Waals surface area (Å²) >= 11 is 5.88. The van der Waals surface area contributed by atoms with Crippen LogP contribution in [0.25, 0.3) is 22.8 Å². The summed E-state index contributed by atoms with van der Waals surface area (Å²) in [5.74, 6) is 0.277. The minimum absolute atomic E-state index is 0.0408. The van der Waals surface area contributed by atoms with Crippen LogP contribution in [0.2, 0.25) is 5.02 Å². The molecule has 1 unspecified atom stereocenters. The maximum atomic E-state index is 13.0. The smallest absolute Gasteiger partial charge is 0.382 e. The van der Waals surface area contributed by atoms with E-state index in [9.17, 15) is 23.1 Å². The van der Waals surface area contributed by atoms with Crippen molar-refractivity contribution < 1.29 is 22.8 Å². The molecular formula is C21H17ClF3N5O3. The fourth-order valence-corrected chi connectivity index (χ4v) is 3.30. The molecule has 0 aliphatic heterocycles. The third-order valence-electron chi connectivity index (χ3n) is 4.90. The molecule has 1 atom stereocenters. The Kier molecular flexibility index (Phi) is 6.09. The highest BCUT2D eigenvalue weighted by atomic mass is 35.5. The molecule has 2 aromatic heterocycles. The maximum absolute atomic E-state index is 13.0. The minimum Gasteiger partial charge on any atom is -0.382 e. The van der Waals surface area contributed by atoms with Crippen molar-refractivity contribution in [2.24, 2.45) is 0 Å². The van der Waals surface area contributed by atoms with Crippen LogP contribution in [0.4, 0.5) is 13.2 Å². The molecular weight excluding hydrogens is 463 g/mol. The van der Waals surface area contributed by atoms with Crippen molar-refractivity contribution in [2.45, 2.75) is 32.3 Å². The molecule has 172 valence electrons. The Morgan fingerprint density at radius 3 is 2.52 bits per heavy atom. The fraction of sp³-hybridized carbons (Fsp3) is 0.238. The fourth-order valence-electron chi connectivity index (χ4n) is 3.18. The van der Waals surface area contributed by atoms with Crippen LogP contribution in [0.5, 0.6) is 0 Å². The third kappa shape index (κ3) is 4.83. The predicted octanol–water partition coefficient (Wildman–Crippen LogP) is 3.70. The van der Waals surface area contributed by atoms with Crippen LogP contribution in [-0.4, -0.2) is 41.9 Å². The standard InChI is InChI=1S/C21H17ClF3N5O3/c1-12-4-2-3-5-15(12)18-26-17(33-28-18)11-30-20(32)29(10-16(31)21(23,24)25)19(27-30)13-6-8-14(22)9-7-13/h2-9,16,31H,10-11H2,1H3. The van der Waals surface area contributed by atoms with Gasteiger partial charge < -0.3 is 9.63 Å². The lowest BCUT2D eigenvalue weighted by Gasteiger charge is -2.15. The first-order chi connectivity index (χ1) is 15.6. The van der Waals surface area contributed by atoms with Crippen LogP contribution in [-0.2, 0) is 13.1 Å². The highest BCUT2D eigenvalue weighted by molar-refractivity contribution is 6.30. The number of aromatic nitrogens is 5. The molecule has 0 amide bonds. The van der Waals surface area contributed by atoms with Crippen molar-refractivity contribution in [3.05, 3.63) is 75.5 Å². The van der Waals surface area contributed by atoms with Gasteiger partial charge >= 0.3 is 11.9 Å². The largest absolute Gasteiger partial charge is 0.416 e. The number of halogens is 4. The van der Waals surface area contributed by atoms with Crippen LogP contribution in [0.3, 0.4) is 0 Å². The molecule has 0 saturated heterocycles. The molecule has 0 fully saturated rings. The Morgan fingerprint density at radius 1 is 1.15 bits per heavy atom. The van der Waals surface area contributed by atoms with E-state index in [1.54, 1.807) is 0 Å². The van der Waals surface area contributed by atoms with E-state index in [0.717, 1.165) is 20.4 Å². The first kappa shape index (κ1) is 22.7. The van der Waals surface area contributed by atoms with Gasteiger partial charge in [-0.2, -0.15) is 18.2 Å². The van der Waals surface area contributed by atoms with Crippen LogP contribution in [0.15, 0.2) is 57.8 Å². The van der Waals surface area contributed by atoms with Crippen molar-refractivity contribution >= 4 is 11.6 Å². The van der Waals surface area contributed by atoms with Gasteiger partial charge in [0.2, 0.25) is 11.7 Å². The molecule has 0 aliphatic rings. The van der Waals surface area contributed by atoms with E-state index in [1.807, 2.05) is 31.2 Å². The van der Waals surface area contributed by atoms with Gasteiger partial charge in [-0.05, 0) is 36.8 Å². The second-order valence-corrected chi connectivity index (χ2v) is 7.70. The summed E-state index contributed by atoms with van der Waals surface area (Å²) in [6.07, 6.45) is -7.66. The SMILES string of the molecule is Cc1ccccc1-c1noc(Cn2nc(-c3ccc(Cl)cc3)n(CC(O)C(F)(F)F)c2=O)n1. The van der Waals surface area contributed by atoms with Crippen LogP contribution in [0, 0.1) is 6.92 Å². The summed E-state index contributed by atoms with van der Waals surface area (Å²) in [7, 11) is 0. The van der Waals surface area contributed by atoms with E-state index >= 15 is 0 Å². The van der Waals surface area contributed by atoms with Crippen LogP contribution >= 0.6 is 11.6 Å². The van der Waals surface area contributed by atoms with Gasteiger partial charge in [0.25, 0.3) is 0 Å². The molecule has 0 aliphatic carbocycles. The molecule has 1 N–H and O–H groups in total. The molecule has 2 aromatic carbocycles. The summed E-state index contributed by atoms with van der Waals surface area (Å²) in [5.41, 5.74) is 1.12. The minimum atomic E-state index is -4.91. The first-order valence-electron chi connectivity index (χ1n) is 9.70. The van der Waals surface area contributed by atoms with Gasteiger partial charge in [-0.25, -0.2) is 9.48 Å². The highest BCUT2D eigenvalue weighted by Gasteiger charge is 2.39. The second kappa shape index (κ2) is 8.83. The summed E-state index contributed by atoms with van der Waals surface area (Å²) in [6, 6.07) is 13.4. The summed E-state index contributed by atoms with van der Waals surface area (Å²) in [6.45, 7) is 0.577. The zero-order valence-corrected chi connectivity index (χ0v) is 17.9. The number of benzene rings is 2. The first-order valence-corrected chi connectivity index (χ1v) is 10.1. The average Bonchev–Trinajstić information content (AvgIpc) is 3.34. The Bertz CT molecular complexity index is 1330. The molecule has 8 nitrogen and oxygen atoms in total. The van der Waals surface area contributed by atoms with Crippen molar-refractivity contribution in [1.82, 2.24) is 24.5 Å². The zero-order chi connectivity index (χ0) is 23.8. The molecule has 0 bridgehead atoms. The lowest BCUT2D eigenvalue weighted by molar-refractivity contribution is -0.207. The molecule has 33 heavy (non-hydrogen) atoms. The van der Waals surface area contributed by atoms with Crippen LogP contribution < -0.4 is 5.69 Å². The monoisotopic (exact) mass is 479 g/mol. The number of alkyl halides is 3. The number of aryl methyl sites for hydroxylation is 1. The highest BCUT2D eigenvalue weighted by Crippen LogP contribution is 2.24. The van der Waals surface area contributed by atoms with E-state index in [1.165, 1.54) is 24.3 Å². The topological polar surface area (TPSA) is 99.0 Å². The number of aliphatic hydroxyl groups excluding tert-OH is 1. The summed E-state index contributed by atoms with van der Waals surface area (Å²) in [4.78, 5) is 17.2. The third-order valence-corrected chi connectivity index (χ3v) is 5.15. The van der Waals surface area contributed by atoms with Crippen molar-refractivity contribution in [1.29, 1.82) is 0 Å². The van der Waals surface area contributed by atoms with E-state index in [2.05, 4.69) is 15.2 Å². The van der Waals surface area contributed by atoms with Crippen molar-refractivity contribution in [3.8, 4) is 22.8 Å². The Morgan fingerprint density at radius 2 is 1.85 bits per heavy atom. The van der Waals surface area contributed by atoms with E-state index in [-0.39, 0.29) is 18.3 Å². The molecule has 2 heterocycles. The van der Waals surface area contributed by atoms with E-state index in [0.29, 0.717) is 16.4 Å². The predicted molar refractivity (Wildman–Crippen MR) is 113 cm³/mol. The second-order valence-electron chi connectivity index (χ2n) is 7.27. The lowest BCUT2D eigenvalue weighted by atomic mass is 10.1. The van der Waals surface area contributed by atoms with E-state index < -0.39 is 24.5 Å².